The number of hydrogen-bond acceptors (Lipinski definition) is 3. The van der Waals surface area contributed by atoms with Gasteiger partial charge in [-0.3, -0.25) is 0 Å². The van der Waals surface area contributed by atoms with Gasteiger partial charge in [0.25, 0.3) is 0 Å². The number of hydrogen-bond donors (Lipinski definition) is 2. The molecule has 1 aromatic carbocycles. The number of benzene rings is 1. The molecule has 4 heteroatoms. The first kappa shape index (κ1) is 12.5. The number of aryl methyl sites for hydroxylation is 1. The number of ether oxygens (including phenoxy) is 1. The van der Waals surface area contributed by atoms with Crippen LogP contribution in [-0.2, 0) is 4.74 Å². The van der Waals surface area contributed by atoms with Crippen LogP contribution in [0.25, 0.3) is 0 Å². The van der Waals surface area contributed by atoms with Crippen LogP contribution >= 0.6 is 0 Å². The molecule has 1 fully saturated rings. The van der Waals surface area contributed by atoms with Crippen LogP contribution < -0.4 is 5.73 Å². The van der Waals surface area contributed by atoms with Crippen molar-refractivity contribution in [3.05, 3.63) is 35.1 Å². The maximum absolute atomic E-state index is 13.0. The summed E-state index contributed by atoms with van der Waals surface area (Å²) in [5.74, 6) is -0.289. The summed E-state index contributed by atoms with van der Waals surface area (Å²) in [6.07, 6.45) is 0.0391. The Morgan fingerprint density at radius 2 is 2.35 bits per heavy atom. The molecule has 0 aliphatic carbocycles. The first-order valence-corrected chi connectivity index (χ1v) is 5.81. The highest BCUT2D eigenvalue weighted by Gasteiger charge is 2.41. The van der Waals surface area contributed by atoms with Crippen molar-refractivity contribution in [1.82, 2.24) is 0 Å². The Morgan fingerprint density at radius 1 is 1.59 bits per heavy atom. The fraction of sp³-hybridized carbons (Fsp3) is 0.538. The Hall–Kier alpha value is -0.970. The second-order valence-corrected chi connectivity index (χ2v) is 4.77. The molecule has 17 heavy (non-hydrogen) atoms. The zero-order valence-electron chi connectivity index (χ0n) is 9.95. The molecule has 1 aliphatic rings. The molecule has 0 spiro atoms. The van der Waals surface area contributed by atoms with Crippen molar-refractivity contribution in [1.29, 1.82) is 0 Å². The largest absolute Gasteiger partial charge is 0.388 e. The number of aliphatic hydroxyl groups excluding tert-OH is 1. The summed E-state index contributed by atoms with van der Waals surface area (Å²) < 4.78 is 18.4. The third-order valence-corrected chi connectivity index (χ3v) is 3.65. The first-order valence-electron chi connectivity index (χ1n) is 5.81. The lowest BCUT2D eigenvalue weighted by atomic mass is 9.77. The second kappa shape index (κ2) is 4.72. The van der Waals surface area contributed by atoms with Crippen LogP contribution in [0, 0.1) is 18.2 Å². The molecular formula is C13H18FNO2. The van der Waals surface area contributed by atoms with Gasteiger partial charge < -0.3 is 15.6 Å². The van der Waals surface area contributed by atoms with Gasteiger partial charge in [-0.05, 0) is 36.6 Å². The minimum absolute atomic E-state index is 0.289. The van der Waals surface area contributed by atoms with Crippen molar-refractivity contribution in [2.24, 2.45) is 11.1 Å². The van der Waals surface area contributed by atoms with E-state index in [4.69, 9.17) is 10.5 Å². The van der Waals surface area contributed by atoms with Crippen LogP contribution in [0.1, 0.15) is 23.7 Å². The van der Waals surface area contributed by atoms with Gasteiger partial charge in [0.2, 0.25) is 0 Å². The molecule has 1 saturated heterocycles. The van der Waals surface area contributed by atoms with Gasteiger partial charge in [-0.1, -0.05) is 6.07 Å². The van der Waals surface area contributed by atoms with E-state index >= 15 is 0 Å². The zero-order chi connectivity index (χ0) is 12.5. The lowest BCUT2D eigenvalue weighted by Crippen LogP contribution is -2.37. The maximum Gasteiger partial charge on any atom is 0.123 e. The Kier molecular flexibility index (Phi) is 3.47. The third-order valence-electron chi connectivity index (χ3n) is 3.65. The molecule has 2 unspecified atom stereocenters. The molecule has 0 aromatic heterocycles. The summed E-state index contributed by atoms with van der Waals surface area (Å²) >= 11 is 0. The standard InChI is InChI=1S/C13H18FNO2/c1-9-6-10(14)2-3-11(9)12(16)13(7-15)4-5-17-8-13/h2-3,6,12,16H,4-5,7-8,15H2,1H3. The number of halogens is 1. The minimum atomic E-state index is -0.699. The fourth-order valence-electron chi connectivity index (χ4n) is 2.39. The molecule has 3 nitrogen and oxygen atoms in total. The van der Waals surface area contributed by atoms with E-state index in [2.05, 4.69) is 0 Å². The topological polar surface area (TPSA) is 55.5 Å². The van der Waals surface area contributed by atoms with E-state index in [9.17, 15) is 9.50 Å². The Bertz CT molecular complexity index is 402. The van der Waals surface area contributed by atoms with Crippen LogP contribution in [0.5, 0.6) is 0 Å². The quantitative estimate of drug-likeness (QED) is 0.841. The smallest absolute Gasteiger partial charge is 0.123 e. The summed E-state index contributed by atoms with van der Waals surface area (Å²) in [5.41, 5.74) is 6.83. The van der Waals surface area contributed by atoms with Crippen LogP contribution in [-0.4, -0.2) is 24.9 Å². The Balaban J connectivity index is 2.32. The highest BCUT2D eigenvalue weighted by atomic mass is 19.1. The van der Waals surface area contributed by atoms with E-state index in [1.807, 2.05) is 0 Å². The SMILES string of the molecule is Cc1cc(F)ccc1C(O)C1(CN)CCOC1. The number of nitrogens with two attached hydrogens (primary N) is 1. The molecule has 3 N–H and O–H groups in total. The summed E-state index contributed by atoms with van der Waals surface area (Å²) in [7, 11) is 0. The normalized spacial score (nSPS) is 26.1. The molecule has 0 amide bonds. The number of rotatable bonds is 3. The third kappa shape index (κ3) is 2.20. The molecule has 1 aliphatic heterocycles. The zero-order valence-corrected chi connectivity index (χ0v) is 9.95. The summed E-state index contributed by atoms with van der Waals surface area (Å²) in [4.78, 5) is 0. The average Bonchev–Trinajstić information content (AvgIpc) is 2.78. The molecule has 0 radical (unpaired) electrons. The van der Waals surface area contributed by atoms with Crippen LogP contribution in [0.15, 0.2) is 18.2 Å². The highest BCUT2D eigenvalue weighted by molar-refractivity contribution is 5.30. The molecule has 2 rings (SSSR count). The molecule has 0 bridgehead atoms. The molecule has 0 saturated carbocycles. The van der Waals surface area contributed by atoms with Gasteiger partial charge in [-0.2, -0.15) is 0 Å². The molecule has 2 atom stereocenters. The van der Waals surface area contributed by atoms with Crippen molar-refractivity contribution < 1.29 is 14.2 Å². The maximum atomic E-state index is 13.0. The predicted molar refractivity (Wildman–Crippen MR) is 63.0 cm³/mol. The van der Waals surface area contributed by atoms with Gasteiger partial charge >= 0.3 is 0 Å². The van der Waals surface area contributed by atoms with Crippen molar-refractivity contribution >= 4 is 0 Å². The van der Waals surface area contributed by atoms with Gasteiger partial charge in [0.1, 0.15) is 5.82 Å². The van der Waals surface area contributed by atoms with Gasteiger partial charge in [0, 0.05) is 18.6 Å². The summed E-state index contributed by atoms with van der Waals surface area (Å²) in [6.45, 7) is 3.24. The average molecular weight is 239 g/mol. The lowest BCUT2D eigenvalue weighted by Gasteiger charge is -2.32. The van der Waals surface area contributed by atoms with Crippen LogP contribution in [0.2, 0.25) is 0 Å². The highest BCUT2D eigenvalue weighted by Crippen LogP contribution is 2.41. The predicted octanol–water partition coefficient (Wildman–Crippen LogP) is 1.53. The fourth-order valence-corrected chi connectivity index (χ4v) is 2.39. The monoisotopic (exact) mass is 239 g/mol. The van der Waals surface area contributed by atoms with Gasteiger partial charge in [0.15, 0.2) is 0 Å². The van der Waals surface area contributed by atoms with Crippen molar-refractivity contribution in [2.75, 3.05) is 19.8 Å². The van der Waals surface area contributed by atoms with Crippen molar-refractivity contribution in [2.45, 2.75) is 19.4 Å². The van der Waals surface area contributed by atoms with E-state index in [1.54, 1.807) is 13.0 Å². The number of aliphatic hydroxyl groups is 1. The van der Waals surface area contributed by atoms with Crippen molar-refractivity contribution in [3.8, 4) is 0 Å². The van der Waals surface area contributed by atoms with E-state index in [0.717, 1.165) is 17.5 Å². The van der Waals surface area contributed by atoms with Gasteiger partial charge in [-0.15, -0.1) is 0 Å². The summed E-state index contributed by atoms with van der Waals surface area (Å²) in [6, 6.07) is 4.43. The van der Waals surface area contributed by atoms with E-state index in [1.165, 1.54) is 12.1 Å². The molecule has 94 valence electrons. The van der Waals surface area contributed by atoms with Gasteiger partial charge in [0.05, 0.1) is 12.7 Å². The van der Waals surface area contributed by atoms with Gasteiger partial charge in [-0.25, -0.2) is 4.39 Å². The van der Waals surface area contributed by atoms with Crippen molar-refractivity contribution in [3.63, 3.8) is 0 Å². The lowest BCUT2D eigenvalue weighted by molar-refractivity contribution is 0.0186. The Labute approximate surface area is 100 Å². The minimum Gasteiger partial charge on any atom is -0.388 e. The second-order valence-electron chi connectivity index (χ2n) is 4.77. The van der Waals surface area contributed by atoms with E-state index in [0.29, 0.717) is 19.8 Å². The van der Waals surface area contributed by atoms with E-state index in [-0.39, 0.29) is 5.82 Å². The molecule has 1 aromatic rings. The van der Waals surface area contributed by atoms with E-state index < -0.39 is 11.5 Å². The summed E-state index contributed by atoms with van der Waals surface area (Å²) in [5, 5.41) is 10.5. The Morgan fingerprint density at radius 3 is 2.88 bits per heavy atom. The van der Waals surface area contributed by atoms with Crippen LogP contribution in [0.4, 0.5) is 4.39 Å². The first-order chi connectivity index (χ1) is 8.09. The molecular weight excluding hydrogens is 221 g/mol. The van der Waals surface area contributed by atoms with Crippen LogP contribution in [0.3, 0.4) is 0 Å². The molecule has 1 heterocycles.